The molecule has 1 amide bonds. The molecule has 3 rings (SSSR count). The molecular formula is C20H27N3O2S. The highest BCUT2D eigenvalue weighted by atomic mass is 32.1. The van der Waals surface area contributed by atoms with Crippen molar-refractivity contribution in [2.75, 3.05) is 13.1 Å². The lowest BCUT2D eigenvalue weighted by Gasteiger charge is -2.29. The monoisotopic (exact) mass is 373 g/mol. The fraction of sp³-hybridized carbons (Fsp3) is 0.500. The smallest absolute Gasteiger partial charge is 0.411 e. The Kier molecular flexibility index (Phi) is 5.63. The van der Waals surface area contributed by atoms with Crippen molar-refractivity contribution in [3.63, 3.8) is 0 Å². The number of hydrogen-bond acceptors (Lipinski definition) is 4. The molecule has 2 aromatic rings. The van der Waals surface area contributed by atoms with Crippen LogP contribution in [0.5, 0.6) is 0 Å². The Balaban J connectivity index is 1.90. The highest BCUT2D eigenvalue weighted by molar-refractivity contribution is 7.18. The van der Waals surface area contributed by atoms with Gasteiger partial charge in [-0.25, -0.2) is 9.78 Å². The minimum absolute atomic E-state index is 0.348. The highest BCUT2D eigenvalue weighted by Gasteiger charge is 2.25. The number of carbonyl (C=O) groups is 1. The molecule has 1 aromatic heterocycles. The van der Waals surface area contributed by atoms with Gasteiger partial charge in [-0.3, -0.25) is 9.80 Å². The molecule has 1 aliphatic rings. The summed E-state index contributed by atoms with van der Waals surface area (Å²) >= 11 is 1.72. The largest absolute Gasteiger partial charge is 0.465 e. The first-order valence-corrected chi connectivity index (χ1v) is 10.0. The average molecular weight is 374 g/mol. The number of thiazole rings is 1. The van der Waals surface area contributed by atoms with E-state index in [1.54, 1.807) is 11.3 Å². The quantitative estimate of drug-likeness (QED) is 0.811. The van der Waals surface area contributed by atoms with Gasteiger partial charge < -0.3 is 5.11 Å². The zero-order valence-electron chi connectivity index (χ0n) is 15.9. The van der Waals surface area contributed by atoms with Gasteiger partial charge in [-0.15, -0.1) is 11.3 Å². The lowest BCUT2D eigenvalue weighted by atomic mass is 9.98. The van der Waals surface area contributed by atoms with Crippen molar-refractivity contribution in [3.05, 3.63) is 34.8 Å². The van der Waals surface area contributed by atoms with Crippen LogP contribution < -0.4 is 0 Å². The van der Waals surface area contributed by atoms with Crippen LogP contribution in [0.3, 0.4) is 0 Å². The van der Waals surface area contributed by atoms with Gasteiger partial charge in [0.05, 0.1) is 22.5 Å². The molecule has 0 saturated heterocycles. The topological polar surface area (TPSA) is 56.7 Å². The van der Waals surface area contributed by atoms with Gasteiger partial charge in [0.25, 0.3) is 0 Å². The average Bonchev–Trinajstić information content (AvgIpc) is 3.00. The number of fused-ring (bicyclic) bond motifs is 1. The van der Waals surface area contributed by atoms with Gasteiger partial charge in [0.15, 0.2) is 0 Å². The third kappa shape index (κ3) is 3.91. The summed E-state index contributed by atoms with van der Waals surface area (Å²) in [6.45, 7) is 11.0. The van der Waals surface area contributed by atoms with E-state index in [0.29, 0.717) is 18.5 Å². The lowest BCUT2D eigenvalue weighted by molar-refractivity contribution is 0.159. The van der Waals surface area contributed by atoms with Crippen molar-refractivity contribution in [2.24, 2.45) is 5.92 Å². The summed E-state index contributed by atoms with van der Waals surface area (Å²) < 4.78 is 1.15. The van der Waals surface area contributed by atoms with Crippen molar-refractivity contribution in [1.29, 1.82) is 0 Å². The number of nitrogens with zero attached hydrogens (tertiary/aromatic N) is 3. The molecule has 0 spiro atoms. The van der Waals surface area contributed by atoms with Crippen molar-refractivity contribution in [1.82, 2.24) is 14.8 Å². The molecule has 0 aliphatic carbocycles. The SMILES string of the molecule is CCN(Cc1nc2cc(C3=CC[C@H](C)CN3C(=O)O)ccc2s1)C(C)C. The Labute approximate surface area is 158 Å². The molecule has 0 saturated carbocycles. The predicted octanol–water partition coefficient (Wildman–Crippen LogP) is 4.89. The summed E-state index contributed by atoms with van der Waals surface area (Å²) in [5, 5.41) is 10.7. The standard InChI is InChI=1S/C20H27N3O2S/c1-5-22(13(2)3)12-19-21-16-10-15(7-9-18(16)26-19)17-8-6-14(4)11-23(17)20(24)25/h7-10,13-14H,5-6,11-12H2,1-4H3,(H,24,25)/t14-/m0/s1. The third-order valence-electron chi connectivity index (χ3n) is 4.93. The van der Waals surface area contributed by atoms with Crippen LogP contribution in [0, 0.1) is 5.92 Å². The normalized spacial score (nSPS) is 18.0. The predicted molar refractivity (Wildman–Crippen MR) is 107 cm³/mol. The first kappa shape index (κ1) is 18.9. The molecule has 6 heteroatoms. The molecule has 0 fully saturated rings. The van der Waals surface area contributed by atoms with Crippen LogP contribution in [0.4, 0.5) is 4.79 Å². The second-order valence-corrected chi connectivity index (χ2v) is 8.39. The van der Waals surface area contributed by atoms with E-state index in [1.807, 2.05) is 18.2 Å². The maximum atomic E-state index is 11.6. The molecule has 1 N–H and O–H groups in total. The van der Waals surface area contributed by atoms with E-state index in [1.165, 1.54) is 4.90 Å². The van der Waals surface area contributed by atoms with Crippen LogP contribution in [0.2, 0.25) is 0 Å². The molecule has 0 radical (unpaired) electrons. The van der Waals surface area contributed by atoms with Gasteiger partial charge in [0.1, 0.15) is 5.01 Å². The number of amides is 1. The Bertz CT molecular complexity index is 828. The molecule has 26 heavy (non-hydrogen) atoms. The number of hydrogen-bond donors (Lipinski definition) is 1. The van der Waals surface area contributed by atoms with E-state index >= 15 is 0 Å². The molecular weight excluding hydrogens is 346 g/mol. The summed E-state index contributed by atoms with van der Waals surface area (Å²) in [7, 11) is 0. The third-order valence-corrected chi connectivity index (χ3v) is 5.95. The minimum atomic E-state index is -0.891. The summed E-state index contributed by atoms with van der Waals surface area (Å²) in [5.74, 6) is 0.348. The van der Waals surface area contributed by atoms with E-state index in [9.17, 15) is 9.90 Å². The van der Waals surface area contributed by atoms with E-state index in [4.69, 9.17) is 4.98 Å². The van der Waals surface area contributed by atoms with Crippen molar-refractivity contribution in [2.45, 2.75) is 46.7 Å². The Morgan fingerprint density at radius 1 is 1.46 bits per heavy atom. The number of benzene rings is 1. The van der Waals surface area contributed by atoms with Gasteiger partial charge >= 0.3 is 6.09 Å². The molecule has 2 heterocycles. The molecule has 5 nitrogen and oxygen atoms in total. The van der Waals surface area contributed by atoms with Crippen LogP contribution in [-0.4, -0.2) is 45.1 Å². The van der Waals surface area contributed by atoms with Gasteiger partial charge in [0, 0.05) is 18.2 Å². The number of allylic oxidation sites excluding steroid dienone is 1. The fourth-order valence-electron chi connectivity index (χ4n) is 3.40. The van der Waals surface area contributed by atoms with Crippen LogP contribution in [0.15, 0.2) is 24.3 Å². The van der Waals surface area contributed by atoms with Crippen molar-refractivity contribution >= 4 is 33.3 Å². The van der Waals surface area contributed by atoms with Gasteiger partial charge in [-0.05, 0) is 44.9 Å². The zero-order chi connectivity index (χ0) is 18.8. The molecule has 0 bridgehead atoms. The second kappa shape index (κ2) is 7.76. The van der Waals surface area contributed by atoms with E-state index < -0.39 is 6.09 Å². The summed E-state index contributed by atoms with van der Waals surface area (Å²) in [5.41, 5.74) is 2.66. The lowest BCUT2D eigenvalue weighted by Crippen LogP contribution is -2.34. The van der Waals surface area contributed by atoms with Gasteiger partial charge in [0.2, 0.25) is 0 Å². The van der Waals surface area contributed by atoms with Gasteiger partial charge in [-0.2, -0.15) is 0 Å². The Morgan fingerprint density at radius 3 is 2.88 bits per heavy atom. The zero-order valence-corrected chi connectivity index (χ0v) is 16.7. The maximum Gasteiger partial charge on any atom is 0.411 e. The van der Waals surface area contributed by atoms with Gasteiger partial charge in [-0.1, -0.05) is 26.0 Å². The molecule has 1 aliphatic heterocycles. The van der Waals surface area contributed by atoms with Crippen LogP contribution >= 0.6 is 11.3 Å². The maximum absolute atomic E-state index is 11.6. The molecule has 1 atom stereocenters. The summed E-state index contributed by atoms with van der Waals surface area (Å²) in [4.78, 5) is 20.3. The molecule has 0 unspecified atom stereocenters. The van der Waals surface area contributed by atoms with Crippen LogP contribution in [-0.2, 0) is 6.54 Å². The fourth-order valence-corrected chi connectivity index (χ4v) is 4.37. The Hall–Kier alpha value is -1.92. The summed E-state index contributed by atoms with van der Waals surface area (Å²) in [6.07, 6.45) is 2.05. The first-order chi connectivity index (χ1) is 12.4. The summed E-state index contributed by atoms with van der Waals surface area (Å²) in [6, 6.07) is 6.60. The van der Waals surface area contributed by atoms with Crippen LogP contribution in [0.25, 0.3) is 15.9 Å². The Morgan fingerprint density at radius 2 is 2.23 bits per heavy atom. The number of carboxylic acid groups (broad SMARTS) is 1. The molecule has 140 valence electrons. The second-order valence-electron chi connectivity index (χ2n) is 7.27. The van der Waals surface area contributed by atoms with E-state index in [0.717, 1.165) is 46.0 Å². The van der Waals surface area contributed by atoms with Crippen LogP contribution in [0.1, 0.15) is 44.7 Å². The highest BCUT2D eigenvalue weighted by Crippen LogP contribution is 2.31. The number of rotatable bonds is 5. The number of aromatic nitrogens is 1. The van der Waals surface area contributed by atoms with E-state index in [-0.39, 0.29) is 0 Å². The molecule has 1 aromatic carbocycles. The van der Waals surface area contributed by atoms with E-state index in [2.05, 4.69) is 38.7 Å². The van der Waals surface area contributed by atoms with Crippen molar-refractivity contribution < 1.29 is 9.90 Å². The van der Waals surface area contributed by atoms with Crippen molar-refractivity contribution in [3.8, 4) is 0 Å². The minimum Gasteiger partial charge on any atom is -0.465 e. The first-order valence-electron chi connectivity index (χ1n) is 9.23.